The highest BCUT2D eigenvalue weighted by molar-refractivity contribution is 5.73. The third kappa shape index (κ3) is 3.70. The van der Waals surface area contributed by atoms with Crippen molar-refractivity contribution in [2.45, 2.75) is 27.7 Å². The van der Waals surface area contributed by atoms with E-state index in [4.69, 9.17) is 0 Å². The molecule has 15 heavy (non-hydrogen) atoms. The van der Waals surface area contributed by atoms with Crippen LogP contribution in [0.25, 0.3) is 5.57 Å². The maximum absolute atomic E-state index is 4.30. The molecule has 0 aliphatic rings. The number of rotatable bonds is 3. The smallest absolute Gasteiger partial charge is 0.0373 e. The Kier molecular flexibility index (Phi) is 4.29. The van der Waals surface area contributed by atoms with Crippen LogP contribution in [0.2, 0.25) is 0 Å². The van der Waals surface area contributed by atoms with Gasteiger partial charge in [-0.25, -0.2) is 0 Å². The first kappa shape index (κ1) is 11.7. The lowest BCUT2D eigenvalue weighted by Gasteiger charge is -2.02. The van der Waals surface area contributed by atoms with Gasteiger partial charge in [-0.15, -0.1) is 0 Å². The van der Waals surface area contributed by atoms with Crippen molar-refractivity contribution in [2.75, 3.05) is 0 Å². The van der Waals surface area contributed by atoms with Gasteiger partial charge in [0.25, 0.3) is 0 Å². The summed E-state index contributed by atoms with van der Waals surface area (Å²) in [4.78, 5) is 4.30. The summed E-state index contributed by atoms with van der Waals surface area (Å²) >= 11 is 0. The third-order valence-electron chi connectivity index (χ3n) is 2.22. The number of hydrogen-bond donors (Lipinski definition) is 0. The van der Waals surface area contributed by atoms with Gasteiger partial charge < -0.3 is 0 Å². The lowest BCUT2D eigenvalue weighted by Crippen LogP contribution is -1.86. The second kappa shape index (κ2) is 5.50. The maximum Gasteiger partial charge on any atom is 0.0373 e. The van der Waals surface area contributed by atoms with Crippen LogP contribution in [0.5, 0.6) is 0 Å². The normalized spacial score (nSPS) is 12.7. The molecule has 0 aliphatic heterocycles. The molecule has 0 radical (unpaired) electrons. The van der Waals surface area contributed by atoms with E-state index in [2.05, 4.69) is 50.0 Å². The standard InChI is InChI=1S/C14H19N/c1-5-13(8-6-11(2)3)14-9-7-12(4)15-10-14/h5-11H,1-4H3/b8-6-,13-5+. The van der Waals surface area contributed by atoms with Gasteiger partial charge in [-0.1, -0.05) is 38.1 Å². The minimum atomic E-state index is 0.582. The number of aryl methyl sites for hydroxylation is 1. The van der Waals surface area contributed by atoms with Gasteiger partial charge in [-0.05, 0) is 37.0 Å². The molecule has 0 aromatic carbocycles. The Labute approximate surface area is 92.6 Å². The van der Waals surface area contributed by atoms with E-state index in [1.807, 2.05) is 19.2 Å². The highest BCUT2D eigenvalue weighted by atomic mass is 14.7. The zero-order valence-electron chi connectivity index (χ0n) is 9.99. The Bertz CT molecular complexity index is 355. The summed E-state index contributed by atoms with van der Waals surface area (Å²) in [6, 6.07) is 4.16. The van der Waals surface area contributed by atoms with E-state index in [9.17, 15) is 0 Å². The second-order valence-corrected chi connectivity index (χ2v) is 4.04. The molecule has 0 saturated carbocycles. The van der Waals surface area contributed by atoms with Gasteiger partial charge in [0.15, 0.2) is 0 Å². The Morgan fingerprint density at radius 3 is 2.53 bits per heavy atom. The monoisotopic (exact) mass is 201 g/mol. The van der Waals surface area contributed by atoms with Gasteiger partial charge in [0.2, 0.25) is 0 Å². The predicted octanol–water partition coefficient (Wildman–Crippen LogP) is 4.01. The molecule has 1 heterocycles. The second-order valence-electron chi connectivity index (χ2n) is 4.04. The molecule has 0 spiro atoms. The minimum absolute atomic E-state index is 0.582. The Morgan fingerprint density at radius 2 is 2.07 bits per heavy atom. The van der Waals surface area contributed by atoms with Crippen LogP contribution in [-0.4, -0.2) is 4.98 Å². The van der Waals surface area contributed by atoms with Crippen molar-refractivity contribution in [3.8, 4) is 0 Å². The first-order valence-electron chi connectivity index (χ1n) is 5.41. The fourth-order valence-corrected chi connectivity index (χ4v) is 1.29. The van der Waals surface area contributed by atoms with E-state index in [1.54, 1.807) is 0 Å². The molecule has 80 valence electrons. The molecule has 0 N–H and O–H groups in total. The van der Waals surface area contributed by atoms with Crippen molar-refractivity contribution in [1.29, 1.82) is 0 Å². The molecule has 0 amide bonds. The van der Waals surface area contributed by atoms with Gasteiger partial charge in [-0.2, -0.15) is 0 Å². The van der Waals surface area contributed by atoms with E-state index in [1.165, 1.54) is 11.1 Å². The number of pyridine rings is 1. The van der Waals surface area contributed by atoms with Gasteiger partial charge >= 0.3 is 0 Å². The molecule has 1 heteroatoms. The SMILES string of the molecule is C/C=C(\C=C/C(C)C)c1ccc(C)nc1. The molecule has 1 aromatic rings. The van der Waals surface area contributed by atoms with Crippen LogP contribution in [0, 0.1) is 12.8 Å². The molecule has 1 nitrogen and oxygen atoms in total. The van der Waals surface area contributed by atoms with Crippen LogP contribution in [-0.2, 0) is 0 Å². The summed E-state index contributed by atoms with van der Waals surface area (Å²) in [5.74, 6) is 0.582. The maximum atomic E-state index is 4.30. The number of allylic oxidation sites excluding steroid dienone is 4. The molecule has 0 unspecified atom stereocenters. The highest BCUT2D eigenvalue weighted by Gasteiger charge is 1.97. The summed E-state index contributed by atoms with van der Waals surface area (Å²) in [6.07, 6.45) is 8.41. The first-order valence-corrected chi connectivity index (χ1v) is 5.41. The molecule has 0 aliphatic carbocycles. The van der Waals surface area contributed by atoms with Gasteiger partial charge in [0.05, 0.1) is 0 Å². The van der Waals surface area contributed by atoms with Crippen LogP contribution < -0.4 is 0 Å². The van der Waals surface area contributed by atoms with Crippen molar-refractivity contribution < 1.29 is 0 Å². The lowest BCUT2D eigenvalue weighted by molar-refractivity contribution is 0.832. The van der Waals surface area contributed by atoms with Crippen LogP contribution in [0.1, 0.15) is 32.0 Å². The van der Waals surface area contributed by atoms with Crippen LogP contribution in [0.3, 0.4) is 0 Å². The van der Waals surface area contributed by atoms with E-state index >= 15 is 0 Å². The fraction of sp³-hybridized carbons (Fsp3) is 0.357. The van der Waals surface area contributed by atoms with Gasteiger partial charge in [0, 0.05) is 11.9 Å². The van der Waals surface area contributed by atoms with Gasteiger partial charge in [-0.3, -0.25) is 4.98 Å². The zero-order valence-corrected chi connectivity index (χ0v) is 9.99. The molecule has 0 bridgehead atoms. The molecular formula is C14H19N. The van der Waals surface area contributed by atoms with E-state index in [0.717, 1.165) is 5.69 Å². The van der Waals surface area contributed by atoms with E-state index in [-0.39, 0.29) is 0 Å². The van der Waals surface area contributed by atoms with Crippen LogP contribution in [0.15, 0.2) is 36.6 Å². The Hall–Kier alpha value is -1.37. The number of aromatic nitrogens is 1. The van der Waals surface area contributed by atoms with Crippen molar-refractivity contribution in [3.05, 3.63) is 47.8 Å². The molecular weight excluding hydrogens is 182 g/mol. The average molecular weight is 201 g/mol. The van der Waals surface area contributed by atoms with Crippen LogP contribution in [0.4, 0.5) is 0 Å². The highest BCUT2D eigenvalue weighted by Crippen LogP contribution is 2.15. The Balaban J connectivity index is 2.89. The molecule has 0 atom stereocenters. The van der Waals surface area contributed by atoms with Crippen molar-refractivity contribution in [1.82, 2.24) is 4.98 Å². The molecule has 1 rings (SSSR count). The van der Waals surface area contributed by atoms with Crippen molar-refractivity contribution in [2.24, 2.45) is 5.92 Å². The number of nitrogens with zero attached hydrogens (tertiary/aromatic N) is 1. The first-order chi connectivity index (χ1) is 7.13. The Morgan fingerprint density at radius 1 is 1.33 bits per heavy atom. The summed E-state index contributed by atoms with van der Waals surface area (Å²) in [7, 11) is 0. The quantitative estimate of drug-likeness (QED) is 0.673. The molecule has 1 aromatic heterocycles. The average Bonchev–Trinajstić information content (AvgIpc) is 2.21. The third-order valence-corrected chi connectivity index (χ3v) is 2.22. The molecule has 0 fully saturated rings. The predicted molar refractivity (Wildman–Crippen MR) is 66.6 cm³/mol. The van der Waals surface area contributed by atoms with Crippen LogP contribution >= 0.6 is 0 Å². The van der Waals surface area contributed by atoms with Crippen molar-refractivity contribution >= 4 is 5.57 Å². The van der Waals surface area contributed by atoms with E-state index < -0.39 is 0 Å². The summed E-state index contributed by atoms with van der Waals surface area (Å²) in [5.41, 5.74) is 3.47. The fourth-order valence-electron chi connectivity index (χ4n) is 1.29. The zero-order chi connectivity index (χ0) is 11.3. The largest absolute Gasteiger partial charge is 0.261 e. The molecule has 0 saturated heterocycles. The summed E-state index contributed by atoms with van der Waals surface area (Å²) in [5, 5.41) is 0. The van der Waals surface area contributed by atoms with Crippen molar-refractivity contribution in [3.63, 3.8) is 0 Å². The van der Waals surface area contributed by atoms with Gasteiger partial charge in [0.1, 0.15) is 0 Å². The summed E-state index contributed by atoms with van der Waals surface area (Å²) in [6.45, 7) is 8.41. The number of hydrogen-bond acceptors (Lipinski definition) is 1. The summed E-state index contributed by atoms with van der Waals surface area (Å²) < 4.78 is 0. The lowest BCUT2D eigenvalue weighted by atomic mass is 10.1. The topological polar surface area (TPSA) is 12.9 Å². The van der Waals surface area contributed by atoms with E-state index in [0.29, 0.717) is 5.92 Å². The minimum Gasteiger partial charge on any atom is -0.261 e.